The molecule has 0 aliphatic carbocycles. The van der Waals surface area contributed by atoms with Crippen molar-refractivity contribution < 1.29 is 0 Å². The molecule has 0 bridgehead atoms. The molecule has 0 unspecified atom stereocenters. The van der Waals surface area contributed by atoms with Crippen molar-refractivity contribution >= 4 is 46.1 Å². The van der Waals surface area contributed by atoms with E-state index >= 15 is 0 Å². The van der Waals surface area contributed by atoms with Crippen molar-refractivity contribution in [2.45, 2.75) is 11.8 Å². The van der Waals surface area contributed by atoms with Crippen LogP contribution in [0.4, 0.5) is 0 Å². The van der Waals surface area contributed by atoms with Gasteiger partial charge in [0.1, 0.15) is 23.3 Å². The highest BCUT2D eigenvalue weighted by atomic mass is 32.1. The van der Waals surface area contributed by atoms with Crippen LogP contribution in [0, 0.1) is 22.7 Å². The summed E-state index contributed by atoms with van der Waals surface area (Å²) in [6.07, 6.45) is 0. The first-order valence-corrected chi connectivity index (χ1v) is 9.45. The second-order valence-corrected chi connectivity index (χ2v) is 6.77. The number of benzene rings is 2. The Morgan fingerprint density at radius 3 is 1.33 bits per heavy atom. The Balaban J connectivity index is 2.69. The minimum atomic E-state index is -0.875. The van der Waals surface area contributed by atoms with Gasteiger partial charge in [0.05, 0.1) is 12.1 Å². The maximum absolute atomic E-state index is 9.93. The molecule has 0 aliphatic rings. The lowest BCUT2D eigenvalue weighted by molar-refractivity contribution is 0.974. The van der Waals surface area contributed by atoms with Gasteiger partial charge in [-0.25, -0.2) is 0 Å². The molecule has 8 nitrogen and oxygen atoms in total. The van der Waals surface area contributed by atoms with E-state index < -0.39 is 11.8 Å². The van der Waals surface area contributed by atoms with Crippen LogP contribution in [-0.4, -0.2) is 21.6 Å². The zero-order valence-corrected chi connectivity index (χ0v) is 17.3. The summed E-state index contributed by atoms with van der Waals surface area (Å²) in [6, 6.07) is 22.3. The van der Waals surface area contributed by atoms with Gasteiger partial charge >= 0.3 is 0 Å². The van der Waals surface area contributed by atoms with Gasteiger partial charge in [0, 0.05) is 0 Å². The highest BCUT2D eigenvalue weighted by Crippen LogP contribution is 2.24. The van der Waals surface area contributed by atoms with Gasteiger partial charge in [0.25, 0.3) is 0 Å². The van der Waals surface area contributed by atoms with Crippen LogP contribution in [-0.2, 0) is 0 Å². The van der Waals surface area contributed by atoms with E-state index in [-0.39, 0.29) is 21.6 Å². The van der Waals surface area contributed by atoms with Crippen LogP contribution < -0.4 is 22.3 Å². The van der Waals surface area contributed by atoms with Crippen molar-refractivity contribution in [1.29, 1.82) is 10.5 Å². The summed E-state index contributed by atoms with van der Waals surface area (Å²) < 4.78 is 0. The quantitative estimate of drug-likeness (QED) is 0.294. The highest BCUT2D eigenvalue weighted by molar-refractivity contribution is 7.80. The molecule has 0 radical (unpaired) electrons. The Morgan fingerprint density at radius 1 is 0.733 bits per heavy atom. The maximum atomic E-state index is 9.93. The molecule has 0 spiro atoms. The molecule has 150 valence electrons. The fourth-order valence-corrected chi connectivity index (χ4v) is 2.74. The third-order valence-corrected chi connectivity index (χ3v) is 4.09. The fraction of sp³-hybridized carbons (Fsp3) is 0.100. The van der Waals surface area contributed by atoms with Crippen LogP contribution >= 0.6 is 24.4 Å². The molecule has 0 aromatic heterocycles. The summed E-state index contributed by atoms with van der Waals surface area (Å²) in [5, 5.41) is 28.1. The Bertz CT molecular complexity index is 950. The summed E-state index contributed by atoms with van der Waals surface area (Å²) in [6.45, 7) is 0. The smallest absolute Gasteiger partial charge is 0.184 e. The van der Waals surface area contributed by atoms with Crippen molar-refractivity contribution in [2.24, 2.45) is 21.7 Å². The molecule has 0 amide bonds. The Kier molecular flexibility index (Phi) is 8.39. The van der Waals surface area contributed by atoms with Gasteiger partial charge in [-0.2, -0.15) is 20.7 Å². The average Bonchev–Trinajstić information content (AvgIpc) is 2.75. The predicted octanol–water partition coefficient (Wildman–Crippen LogP) is 1.98. The summed E-state index contributed by atoms with van der Waals surface area (Å²) in [5.41, 5.74) is 17.6. The van der Waals surface area contributed by atoms with E-state index in [9.17, 15) is 10.5 Å². The van der Waals surface area contributed by atoms with Crippen molar-refractivity contribution in [1.82, 2.24) is 10.9 Å². The maximum Gasteiger partial charge on any atom is 0.184 e. The third kappa shape index (κ3) is 6.07. The number of nitrogens with two attached hydrogens (primary N) is 2. The van der Waals surface area contributed by atoms with Gasteiger partial charge in [0.2, 0.25) is 0 Å². The molecule has 0 saturated heterocycles. The standard InChI is InChI=1S/C20H18N8S2/c21-11-15(13-7-3-1-4-8-13)17(25-27-19(23)29)18(26-28-20(24)30)16(12-22)14-9-5-2-6-10-14/h1-10,15-16H,(H3,23,27,29)(H3,24,28,30)/b25-17-,26-18+/t15-,16+/m1/s1. The van der Waals surface area contributed by atoms with Crippen LogP contribution in [0.25, 0.3) is 0 Å². The molecule has 0 fully saturated rings. The van der Waals surface area contributed by atoms with Crippen molar-refractivity contribution in [3.05, 3.63) is 71.8 Å². The number of nitriles is 2. The van der Waals surface area contributed by atoms with E-state index in [0.29, 0.717) is 11.1 Å². The molecule has 6 N–H and O–H groups in total. The van der Waals surface area contributed by atoms with E-state index in [4.69, 9.17) is 35.9 Å². The van der Waals surface area contributed by atoms with E-state index in [2.05, 4.69) is 33.2 Å². The minimum absolute atomic E-state index is 0.105. The number of hydrogen-bond donors (Lipinski definition) is 4. The molecule has 0 heterocycles. The van der Waals surface area contributed by atoms with Gasteiger partial charge in [-0.15, -0.1) is 0 Å². The van der Waals surface area contributed by atoms with Crippen LogP contribution in [0.15, 0.2) is 70.9 Å². The van der Waals surface area contributed by atoms with Gasteiger partial charge in [-0.1, -0.05) is 60.7 Å². The highest BCUT2D eigenvalue weighted by Gasteiger charge is 2.30. The molecule has 0 aliphatic heterocycles. The lowest BCUT2D eigenvalue weighted by atomic mass is 9.85. The summed E-state index contributed by atoms with van der Waals surface area (Å²) in [7, 11) is 0. The molecule has 10 heteroatoms. The zero-order valence-electron chi connectivity index (χ0n) is 15.7. The number of rotatable bonds is 7. The topological polar surface area (TPSA) is 148 Å². The first-order valence-electron chi connectivity index (χ1n) is 8.63. The Labute approximate surface area is 184 Å². The van der Waals surface area contributed by atoms with E-state index in [1.165, 1.54) is 0 Å². The summed E-state index contributed by atoms with van der Waals surface area (Å²) >= 11 is 9.70. The fourth-order valence-electron chi connectivity index (χ4n) is 2.65. The lowest BCUT2D eigenvalue weighted by Gasteiger charge is -2.19. The van der Waals surface area contributed by atoms with Crippen LogP contribution in [0.5, 0.6) is 0 Å². The van der Waals surface area contributed by atoms with Crippen LogP contribution in [0.3, 0.4) is 0 Å². The van der Waals surface area contributed by atoms with Crippen molar-refractivity contribution in [2.75, 3.05) is 0 Å². The second kappa shape index (κ2) is 11.2. The van der Waals surface area contributed by atoms with Crippen molar-refractivity contribution in [3.63, 3.8) is 0 Å². The average molecular weight is 435 g/mol. The third-order valence-electron chi connectivity index (χ3n) is 3.91. The molecule has 2 rings (SSSR count). The van der Waals surface area contributed by atoms with Gasteiger partial charge in [-0.05, 0) is 35.6 Å². The number of hydrazone groups is 2. The number of nitrogens with one attached hydrogen (secondary N) is 2. The molecule has 2 aromatic carbocycles. The number of thiocarbonyl (C=S) groups is 2. The number of nitrogens with zero attached hydrogens (tertiary/aromatic N) is 4. The molecule has 0 saturated carbocycles. The summed E-state index contributed by atoms with van der Waals surface area (Å²) in [5.74, 6) is -1.75. The second-order valence-electron chi connectivity index (χ2n) is 5.89. The van der Waals surface area contributed by atoms with E-state index in [0.717, 1.165) is 0 Å². The van der Waals surface area contributed by atoms with Gasteiger partial charge < -0.3 is 11.5 Å². The molecular formula is C20H18N8S2. The molecule has 30 heavy (non-hydrogen) atoms. The van der Waals surface area contributed by atoms with Gasteiger partial charge in [0.15, 0.2) is 10.2 Å². The zero-order chi connectivity index (χ0) is 21.9. The number of hydrogen-bond acceptors (Lipinski definition) is 6. The van der Waals surface area contributed by atoms with Crippen molar-refractivity contribution in [3.8, 4) is 12.1 Å². The monoisotopic (exact) mass is 434 g/mol. The SMILES string of the molecule is N#C[C@H](C(=N\NC(N)=S)/C(=N\NC(N)=S)[C@H](C#N)c1ccccc1)c1ccccc1. The summed E-state index contributed by atoms with van der Waals surface area (Å²) in [4.78, 5) is 0. The Morgan fingerprint density at radius 2 is 1.07 bits per heavy atom. The first-order chi connectivity index (χ1) is 14.5. The largest absolute Gasteiger partial charge is 0.375 e. The molecule has 2 aromatic rings. The first kappa shape index (κ1) is 22.4. The molecule has 2 atom stereocenters. The van der Waals surface area contributed by atoms with E-state index in [1.807, 2.05) is 12.1 Å². The molecular weight excluding hydrogens is 416 g/mol. The Hall–Kier alpha value is -3.86. The van der Waals surface area contributed by atoms with E-state index in [1.54, 1.807) is 48.5 Å². The van der Waals surface area contributed by atoms with Crippen LogP contribution in [0.1, 0.15) is 23.0 Å². The van der Waals surface area contributed by atoms with Crippen LogP contribution in [0.2, 0.25) is 0 Å². The van der Waals surface area contributed by atoms with Gasteiger partial charge in [-0.3, -0.25) is 10.9 Å². The minimum Gasteiger partial charge on any atom is -0.375 e. The predicted molar refractivity (Wildman–Crippen MR) is 124 cm³/mol. The normalized spacial score (nSPS) is 13.3. The lowest BCUT2D eigenvalue weighted by Crippen LogP contribution is -2.35.